The smallest absolute Gasteiger partial charge is 0.173 e. The van der Waals surface area contributed by atoms with Crippen molar-refractivity contribution in [3.05, 3.63) is 48.5 Å². The van der Waals surface area contributed by atoms with Crippen LogP contribution in [0, 0.1) is 0 Å². The molecule has 0 bridgehead atoms. The molecular formula is C28H50OSi6. The van der Waals surface area contributed by atoms with Crippen molar-refractivity contribution in [1.29, 1.82) is 0 Å². The van der Waals surface area contributed by atoms with Crippen LogP contribution >= 0.6 is 0 Å². The van der Waals surface area contributed by atoms with Crippen molar-refractivity contribution in [2.24, 2.45) is 0 Å². The van der Waals surface area contributed by atoms with Crippen molar-refractivity contribution in [2.75, 3.05) is 0 Å². The largest absolute Gasteiger partial charge is 0.455 e. The van der Waals surface area contributed by atoms with E-state index in [0.717, 1.165) is 10.3 Å². The fourth-order valence-electron chi connectivity index (χ4n) is 8.45. The Morgan fingerprint density at radius 3 is 1.14 bits per heavy atom. The van der Waals surface area contributed by atoms with E-state index in [4.69, 9.17) is 4.12 Å². The zero-order chi connectivity index (χ0) is 26.2. The van der Waals surface area contributed by atoms with Gasteiger partial charge in [-0.15, -0.1) is 0 Å². The summed E-state index contributed by atoms with van der Waals surface area (Å²) in [4.78, 5) is 0. The molecule has 0 N–H and O–H groups in total. The van der Waals surface area contributed by atoms with Crippen LogP contribution in [0.15, 0.2) is 48.5 Å². The molecule has 0 saturated heterocycles. The van der Waals surface area contributed by atoms with E-state index >= 15 is 0 Å². The summed E-state index contributed by atoms with van der Waals surface area (Å²) in [6.07, 6.45) is 0. The molecule has 0 spiro atoms. The van der Waals surface area contributed by atoms with Crippen molar-refractivity contribution in [2.45, 2.75) is 101 Å². The SMILES string of the molecule is C[Si]1(C)CC([Si](C)(C)O[Si](C)(C)C2C[Si](C)(C)c3ccccc3[Si]2(C)C)[Si](C)(C)c2ccccc21. The van der Waals surface area contributed by atoms with Gasteiger partial charge in [0.1, 0.15) is 0 Å². The van der Waals surface area contributed by atoms with Crippen molar-refractivity contribution < 1.29 is 4.12 Å². The maximum atomic E-state index is 7.78. The van der Waals surface area contributed by atoms with Gasteiger partial charge in [0.05, 0.1) is 32.3 Å². The molecule has 2 atom stereocenters. The van der Waals surface area contributed by atoms with Gasteiger partial charge in [0, 0.05) is 0 Å². The molecule has 0 amide bonds. The summed E-state index contributed by atoms with van der Waals surface area (Å²) in [6, 6.07) is 22.0. The second-order valence-electron chi connectivity index (χ2n) is 15.1. The van der Waals surface area contributed by atoms with Gasteiger partial charge in [0.25, 0.3) is 0 Å². The molecule has 192 valence electrons. The average molecular weight is 571 g/mol. The lowest BCUT2D eigenvalue weighted by Gasteiger charge is -2.56. The lowest BCUT2D eigenvalue weighted by atomic mass is 10.4. The van der Waals surface area contributed by atoms with Crippen LogP contribution in [-0.4, -0.2) is 48.9 Å². The summed E-state index contributed by atoms with van der Waals surface area (Å²) in [5.41, 5.74) is 0. The summed E-state index contributed by atoms with van der Waals surface area (Å²) in [7, 11) is -10.0. The Labute approximate surface area is 222 Å². The maximum absolute atomic E-state index is 7.78. The van der Waals surface area contributed by atoms with Gasteiger partial charge in [0.2, 0.25) is 0 Å². The first kappa shape index (κ1) is 27.7. The lowest BCUT2D eigenvalue weighted by molar-refractivity contribution is 0.528. The van der Waals surface area contributed by atoms with E-state index in [1.165, 1.54) is 12.1 Å². The third-order valence-electron chi connectivity index (χ3n) is 10.1. The molecule has 2 unspecified atom stereocenters. The summed E-state index contributed by atoms with van der Waals surface area (Å²) in [5, 5.41) is 8.63. The van der Waals surface area contributed by atoms with Crippen molar-refractivity contribution in [3.63, 3.8) is 0 Å². The Balaban J connectivity index is 1.72. The van der Waals surface area contributed by atoms with Gasteiger partial charge in [0.15, 0.2) is 16.6 Å². The van der Waals surface area contributed by atoms with E-state index in [1.54, 1.807) is 20.7 Å². The van der Waals surface area contributed by atoms with Crippen LogP contribution in [0.4, 0.5) is 0 Å². The Morgan fingerprint density at radius 1 is 0.543 bits per heavy atom. The Hall–Kier alpha value is -0.299. The van der Waals surface area contributed by atoms with Gasteiger partial charge in [-0.1, -0.05) is 134 Å². The lowest BCUT2D eigenvalue weighted by Crippen LogP contribution is -2.73. The Morgan fingerprint density at radius 2 is 0.829 bits per heavy atom. The topological polar surface area (TPSA) is 9.23 Å². The molecule has 35 heavy (non-hydrogen) atoms. The van der Waals surface area contributed by atoms with Crippen LogP contribution in [0.25, 0.3) is 0 Å². The normalized spacial score (nSPS) is 26.5. The molecular weight excluding hydrogens is 521 g/mol. The maximum Gasteiger partial charge on any atom is 0.173 e. The first-order valence-corrected chi connectivity index (χ1v) is 32.3. The highest BCUT2D eigenvalue weighted by atomic mass is 28.5. The van der Waals surface area contributed by atoms with E-state index in [2.05, 4.69) is 127 Å². The van der Waals surface area contributed by atoms with E-state index in [1.807, 2.05) is 0 Å². The van der Waals surface area contributed by atoms with E-state index < -0.39 is 48.9 Å². The van der Waals surface area contributed by atoms with Gasteiger partial charge in [-0.05, 0) is 36.5 Å². The predicted molar refractivity (Wildman–Crippen MR) is 175 cm³/mol. The molecule has 2 aromatic rings. The highest BCUT2D eigenvalue weighted by Crippen LogP contribution is 2.48. The fraction of sp³-hybridized carbons (Fsp3) is 0.571. The van der Waals surface area contributed by atoms with E-state index in [0.29, 0.717) is 0 Å². The van der Waals surface area contributed by atoms with Crippen LogP contribution in [0.2, 0.25) is 101 Å². The minimum absolute atomic E-state index is 0.809. The van der Waals surface area contributed by atoms with Crippen LogP contribution < -0.4 is 20.7 Å². The zero-order valence-corrected chi connectivity index (χ0v) is 30.6. The molecule has 2 aromatic carbocycles. The Kier molecular flexibility index (Phi) is 6.82. The third-order valence-corrected chi connectivity index (χ3v) is 42.9. The minimum atomic E-state index is -1.92. The first-order valence-electron chi connectivity index (χ1n) is 13.7. The first-order chi connectivity index (χ1) is 15.8. The van der Waals surface area contributed by atoms with Crippen LogP contribution in [0.1, 0.15) is 0 Å². The number of hydrogen-bond donors (Lipinski definition) is 0. The van der Waals surface area contributed by atoms with Crippen molar-refractivity contribution in [1.82, 2.24) is 0 Å². The standard InChI is InChI=1S/C28H50OSi6/c1-30(2)21-27(32(5,6)25-19-15-13-17-23(25)30)34(9,10)29-35(11,12)28-22-31(3,4)24-18-14-16-20-26(24)33(28,7)8/h13-20,27-28H,21-22H2,1-12H3. The van der Waals surface area contributed by atoms with Crippen molar-refractivity contribution >= 4 is 69.7 Å². The van der Waals surface area contributed by atoms with Crippen LogP contribution in [0.3, 0.4) is 0 Å². The summed E-state index contributed by atoms with van der Waals surface area (Å²) in [5.74, 6) is 0. The molecule has 0 aliphatic carbocycles. The third kappa shape index (κ3) is 4.61. The highest BCUT2D eigenvalue weighted by molar-refractivity contribution is 7.14. The van der Waals surface area contributed by atoms with E-state index in [-0.39, 0.29) is 0 Å². The second-order valence-corrected chi connectivity index (χ2v) is 43.7. The van der Waals surface area contributed by atoms with Crippen molar-refractivity contribution in [3.8, 4) is 0 Å². The molecule has 2 aliphatic heterocycles. The quantitative estimate of drug-likeness (QED) is 0.391. The zero-order valence-electron chi connectivity index (χ0n) is 24.6. The molecule has 1 nitrogen and oxygen atoms in total. The highest BCUT2D eigenvalue weighted by Gasteiger charge is 2.58. The van der Waals surface area contributed by atoms with E-state index in [9.17, 15) is 0 Å². The van der Waals surface area contributed by atoms with Gasteiger partial charge in [-0.2, -0.15) is 0 Å². The number of fused-ring (bicyclic) bond motifs is 2. The molecule has 0 radical (unpaired) electrons. The molecule has 4 rings (SSSR count). The van der Waals surface area contributed by atoms with Crippen LogP contribution in [-0.2, 0) is 4.12 Å². The van der Waals surface area contributed by atoms with Gasteiger partial charge >= 0.3 is 0 Å². The average Bonchev–Trinajstić information content (AvgIpc) is 2.73. The second kappa shape index (κ2) is 8.61. The summed E-state index contributed by atoms with van der Waals surface area (Å²) >= 11 is 0. The molecule has 0 saturated carbocycles. The monoisotopic (exact) mass is 570 g/mol. The molecule has 2 heterocycles. The predicted octanol–water partition coefficient (Wildman–Crippen LogP) is 6.32. The molecule has 2 aliphatic rings. The number of rotatable bonds is 4. The Bertz CT molecular complexity index is 1030. The van der Waals surface area contributed by atoms with Gasteiger partial charge < -0.3 is 4.12 Å². The van der Waals surface area contributed by atoms with Gasteiger partial charge in [-0.25, -0.2) is 0 Å². The summed E-state index contributed by atoms with van der Waals surface area (Å²) in [6.45, 7) is 31.6. The van der Waals surface area contributed by atoms with Crippen LogP contribution in [0.5, 0.6) is 0 Å². The number of hydrogen-bond acceptors (Lipinski definition) is 1. The summed E-state index contributed by atoms with van der Waals surface area (Å²) < 4.78 is 7.78. The van der Waals surface area contributed by atoms with Gasteiger partial charge in [-0.3, -0.25) is 0 Å². The molecule has 0 fully saturated rings. The molecule has 0 aromatic heterocycles. The minimum Gasteiger partial charge on any atom is -0.455 e. The number of benzene rings is 2. The fourth-order valence-corrected chi connectivity index (χ4v) is 57.6. The molecule has 7 heteroatoms.